The lowest BCUT2D eigenvalue weighted by molar-refractivity contribution is -0.137. The van der Waals surface area contributed by atoms with Crippen LogP contribution in [0.15, 0.2) is 34.5 Å². The number of nitrogens with one attached hydrogen (secondary N) is 3. The summed E-state index contributed by atoms with van der Waals surface area (Å²) in [6.45, 7) is 0. The summed E-state index contributed by atoms with van der Waals surface area (Å²) in [7, 11) is 1.45. The Morgan fingerprint density at radius 1 is 1.11 bits per heavy atom. The third-order valence-corrected chi connectivity index (χ3v) is 3.33. The first-order valence-corrected chi connectivity index (χ1v) is 7.49. The van der Waals surface area contributed by atoms with E-state index in [4.69, 9.17) is 26.4 Å². The maximum absolute atomic E-state index is 11.4. The summed E-state index contributed by atoms with van der Waals surface area (Å²) in [5, 5.41) is 15.2. The summed E-state index contributed by atoms with van der Waals surface area (Å²) >= 11 is 0. The van der Waals surface area contributed by atoms with Gasteiger partial charge in [-0.3, -0.25) is 24.6 Å². The molecule has 4 amide bonds. The van der Waals surface area contributed by atoms with Crippen molar-refractivity contribution in [2.75, 3.05) is 7.11 Å². The Balaban J connectivity index is 2.44. The fraction of sp³-hybridized carbons (Fsp3) is 0.133. The van der Waals surface area contributed by atoms with Crippen LogP contribution in [0.3, 0.4) is 0 Å². The van der Waals surface area contributed by atoms with Gasteiger partial charge in [-0.15, -0.1) is 0 Å². The van der Waals surface area contributed by atoms with Gasteiger partial charge in [0.15, 0.2) is 11.8 Å². The number of nitrogens with two attached hydrogens (primary N) is 2. The van der Waals surface area contributed by atoms with Gasteiger partial charge in [0.2, 0.25) is 5.90 Å². The van der Waals surface area contributed by atoms with Crippen LogP contribution in [-0.2, 0) is 23.9 Å². The summed E-state index contributed by atoms with van der Waals surface area (Å²) in [6.07, 6.45) is -1.04. The number of hydrogen-bond acceptors (Lipinski definition) is 9. The number of primary amides is 2. The summed E-state index contributed by atoms with van der Waals surface area (Å²) in [6, 6.07) is 6.51. The number of rotatable bonds is 4. The Morgan fingerprint density at radius 3 is 2.29 bits per heavy atom. The van der Waals surface area contributed by atoms with Crippen molar-refractivity contribution in [2.24, 2.45) is 21.7 Å². The molecule has 0 aliphatic carbocycles. The number of methoxy groups -OCH3 is 1. The predicted octanol–water partition coefficient (Wildman–Crippen LogP) is -2.34. The third-order valence-electron chi connectivity index (χ3n) is 3.33. The Labute approximate surface area is 157 Å². The molecule has 0 spiro atoms. The van der Waals surface area contributed by atoms with Crippen molar-refractivity contribution < 1.29 is 28.7 Å². The molecule has 1 aliphatic rings. The van der Waals surface area contributed by atoms with Crippen molar-refractivity contribution in [3.63, 3.8) is 0 Å². The van der Waals surface area contributed by atoms with Crippen molar-refractivity contribution >= 4 is 40.9 Å². The van der Waals surface area contributed by atoms with E-state index in [0.717, 1.165) is 0 Å². The SMILES string of the molecule is COc1cccc([C@@H]2OC(=N)C(=N/NC(=O)C(N)=O)/C2=N\NC(=O)C(N)=O)c1. The van der Waals surface area contributed by atoms with Gasteiger partial charge < -0.3 is 20.9 Å². The van der Waals surface area contributed by atoms with E-state index in [0.29, 0.717) is 11.3 Å². The van der Waals surface area contributed by atoms with Crippen LogP contribution in [0.1, 0.15) is 11.7 Å². The number of amides is 4. The molecule has 146 valence electrons. The number of carbonyl (C=O) groups is 4. The molecule has 7 N–H and O–H groups in total. The lowest BCUT2D eigenvalue weighted by Crippen LogP contribution is -2.36. The number of ether oxygens (including phenoxy) is 2. The molecule has 28 heavy (non-hydrogen) atoms. The largest absolute Gasteiger partial charge is 0.497 e. The maximum atomic E-state index is 11.4. The van der Waals surface area contributed by atoms with Crippen molar-refractivity contribution in [1.29, 1.82) is 5.41 Å². The first-order chi connectivity index (χ1) is 13.2. The van der Waals surface area contributed by atoms with Gasteiger partial charge in [0.25, 0.3) is 0 Å². The number of benzene rings is 1. The van der Waals surface area contributed by atoms with Gasteiger partial charge in [-0.25, -0.2) is 10.9 Å². The van der Waals surface area contributed by atoms with Crippen LogP contribution in [0.2, 0.25) is 0 Å². The standard InChI is InChI=1S/C15H15N7O6/c1-27-7-4-2-3-6(5-7)10-8(19-21-14(25)11(16)23)9(13(18)28-10)20-22-15(26)12(17)24/h2-5,10,18H,1H3,(H2,16,23)(H2,17,24)(H,21,25)(H,22,26)/b18-13?,19-8+,20-9+/t10-/m0/s1. The number of hydrogen-bond donors (Lipinski definition) is 5. The summed E-state index contributed by atoms with van der Waals surface area (Å²) in [5.74, 6) is -5.12. The zero-order valence-electron chi connectivity index (χ0n) is 14.4. The van der Waals surface area contributed by atoms with Gasteiger partial charge in [-0.1, -0.05) is 12.1 Å². The molecule has 1 aliphatic heterocycles. The lowest BCUT2D eigenvalue weighted by Gasteiger charge is -2.11. The molecule has 13 nitrogen and oxygen atoms in total. The monoisotopic (exact) mass is 389 g/mol. The molecular weight excluding hydrogens is 374 g/mol. The smallest absolute Gasteiger partial charge is 0.329 e. The van der Waals surface area contributed by atoms with Gasteiger partial charge in [0.05, 0.1) is 7.11 Å². The van der Waals surface area contributed by atoms with Gasteiger partial charge in [0.1, 0.15) is 11.5 Å². The van der Waals surface area contributed by atoms with Crippen LogP contribution in [0, 0.1) is 5.41 Å². The zero-order chi connectivity index (χ0) is 20.8. The quantitative estimate of drug-likeness (QED) is 0.281. The highest BCUT2D eigenvalue weighted by Gasteiger charge is 2.38. The Hall–Kier alpha value is -4.29. The molecule has 1 saturated heterocycles. The molecule has 1 atom stereocenters. The highest BCUT2D eigenvalue weighted by molar-refractivity contribution is 6.69. The molecule has 2 rings (SSSR count). The van der Waals surface area contributed by atoms with Crippen LogP contribution in [0.25, 0.3) is 0 Å². The van der Waals surface area contributed by atoms with E-state index in [1.165, 1.54) is 7.11 Å². The molecule has 0 unspecified atom stereocenters. The minimum absolute atomic E-state index is 0.141. The first-order valence-electron chi connectivity index (χ1n) is 7.49. The minimum atomic E-state index is -1.31. The third kappa shape index (κ3) is 4.46. The number of carbonyl (C=O) groups excluding carboxylic acids is 4. The van der Waals surface area contributed by atoms with E-state index in [1.54, 1.807) is 24.3 Å². The number of nitrogens with zero attached hydrogens (tertiary/aromatic N) is 2. The average Bonchev–Trinajstić information content (AvgIpc) is 2.99. The van der Waals surface area contributed by atoms with E-state index in [9.17, 15) is 19.2 Å². The second-order valence-corrected chi connectivity index (χ2v) is 5.17. The van der Waals surface area contributed by atoms with Gasteiger partial charge in [-0.2, -0.15) is 10.2 Å². The molecule has 0 aromatic heterocycles. The summed E-state index contributed by atoms with van der Waals surface area (Å²) in [5.41, 5.74) is 13.4. The topological polar surface area (TPSA) is 211 Å². The van der Waals surface area contributed by atoms with E-state index in [-0.39, 0.29) is 11.4 Å². The molecule has 1 aromatic carbocycles. The van der Waals surface area contributed by atoms with E-state index in [1.807, 2.05) is 10.9 Å². The van der Waals surface area contributed by atoms with E-state index < -0.39 is 35.6 Å². The fourth-order valence-electron chi connectivity index (χ4n) is 2.05. The van der Waals surface area contributed by atoms with Crippen molar-refractivity contribution in [2.45, 2.75) is 6.10 Å². The summed E-state index contributed by atoms with van der Waals surface area (Å²) in [4.78, 5) is 44.4. The second kappa shape index (κ2) is 8.39. The van der Waals surface area contributed by atoms with Gasteiger partial charge >= 0.3 is 23.6 Å². The van der Waals surface area contributed by atoms with Crippen molar-refractivity contribution in [1.82, 2.24) is 10.9 Å². The Kier molecular flexibility index (Phi) is 6.00. The van der Waals surface area contributed by atoms with Crippen LogP contribution in [0.5, 0.6) is 5.75 Å². The minimum Gasteiger partial charge on any atom is -0.497 e. The fourth-order valence-corrected chi connectivity index (χ4v) is 2.05. The van der Waals surface area contributed by atoms with Gasteiger partial charge in [-0.05, 0) is 12.1 Å². The van der Waals surface area contributed by atoms with Crippen molar-refractivity contribution in [3.05, 3.63) is 29.8 Å². The molecule has 0 radical (unpaired) electrons. The molecule has 1 fully saturated rings. The molecule has 0 saturated carbocycles. The molecule has 1 heterocycles. The highest BCUT2D eigenvalue weighted by atomic mass is 16.5. The maximum Gasteiger partial charge on any atom is 0.329 e. The van der Waals surface area contributed by atoms with Crippen LogP contribution in [0.4, 0.5) is 0 Å². The van der Waals surface area contributed by atoms with Crippen LogP contribution >= 0.6 is 0 Å². The van der Waals surface area contributed by atoms with Crippen LogP contribution < -0.4 is 27.1 Å². The highest BCUT2D eigenvalue weighted by Crippen LogP contribution is 2.28. The lowest BCUT2D eigenvalue weighted by atomic mass is 10.0. The Morgan fingerprint density at radius 2 is 1.71 bits per heavy atom. The second-order valence-electron chi connectivity index (χ2n) is 5.17. The van der Waals surface area contributed by atoms with Gasteiger partial charge in [0, 0.05) is 5.56 Å². The normalized spacial score (nSPS) is 18.5. The van der Waals surface area contributed by atoms with Crippen molar-refractivity contribution in [3.8, 4) is 5.75 Å². The molecule has 0 bridgehead atoms. The summed E-state index contributed by atoms with van der Waals surface area (Å²) < 4.78 is 10.5. The predicted molar refractivity (Wildman–Crippen MR) is 94.1 cm³/mol. The zero-order valence-corrected chi connectivity index (χ0v) is 14.4. The molecule has 1 aromatic rings. The van der Waals surface area contributed by atoms with E-state index in [2.05, 4.69) is 10.2 Å². The first kappa shape index (κ1) is 20.0. The number of hydrazone groups is 2. The average molecular weight is 389 g/mol. The molecule has 13 heteroatoms. The van der Waals surface area contributed by atoms with E-state index >= 15 is 0 Å². The Bertz CT molecular complexity index is 923. The van der Waals surface area contributed by atoms with Crippen LogP contribution in [-0.4, -0.2) is 48.1 Å². The molecular formula is C15H15N7O6.